The summed E-state index contributed by atoms with van der Waals surface area (Å²) in [7, 11) is 1.23. The fraction of sp³-hybridized carbons (Fsp3) is 0.429. The van der Waals surface area contributed by atoms with E-state index in [1.54, 1.807) is 4.90 Å². The number of ether oxygens (including phenoxy) is 1. The van der Waals surface area contributed by atoms with Gasteiger partial charge in [0.1, 0.15) is 5.82 Å². The molecule has 1 atom stereocenters. The highest BCUT2D eigenvalue weighted by Crippen LogP contribution is 2.29. The normalized spacial score (nSPS) is 18.4. The predicted molar refractivity (Wildman–Crippen MR) is 76.3 cm³/mol. The number of rotatable bonds is 3. The number of primary amides is 1. The molecule has 1 heterocycles. The number of hydrogen-bond acceptors (Lipinski definition) is 5. The number of carbonyl (C=O) groups excluding carboxylic acids is 2. The minimum absolute atomic E-state index is 0.0200. The topological polar surface area (TPSA) is 98.6 Å². The molecule has 7 heteroatoms. The molecule has 1 fully saturated rings. The number of esters is 1. The molecule has 0 aromatic heterocycles. The summed E-state index contributed by atoms with van der Waals surface area (Å²) in [6.07, 6.45) is 1.41. The molecule has 0 radical (unpaired) electrons. The Hall–Kier alpha value is -2.31. The highest BCUT2D eigenvalue weighted by atomic mass is 19.1. The lowest BCUT2D eigenvalue weighted by Gasteiger charge is -2.33. The molecule has 1 aliphatic heterocycles. The highest BCUT2D eigenvalue weighted by Gasteiger charge is 2.27. The van der Waals surface area contributed by atoms with Gasteiger partial charge in [-0.3, -0.25) is 4.79 Å². The van der Waals surface area contributed by atoms with Crippen LogP contribution in [-0.2, 0) is 9.53 Å². The number of anilines is 2. The first-order valence-corrected chi connectivity index (χ1v) is 6.65. The van der Waals surface area contributed by atoms with E-state index < -0.39 is 17.7 Å². The van der Waals surface area contributed by atoms with Gasteiger partial charge in [-0.2, -0.15) is 0 Å². The van der Waals surface area contributed by atoms with Crippen molar-refractivity contribution < 1.29 is 18.7 Å². The van der Waals surface area contributed by atoms with Crippen LogP contribution in [0.2, 0.25) is 0 Å². The zero-order valence-corrected chi connectivity index (χ0v) is 11.8. The minimum atomic E-state index is -0.628. The first kappa shape index (κ1) is 15.1. The number of halogens is 1. The summed E-state index contributed by atoms with van der Waals surface area (Å²) in [5.41, 5.74) is 11.3. The Labute approximate surface area is 121 Å². The Balaban J connectivity index is 2.34. The number of nitrogens with two attached hydrogens (primary N) is 2. The lowest BCUT2D eigenvalue weighted by atomic mass is 9.96. The van der Waals surface area contributed by atoms with Crippen LogP contribution in [0.25, 0.3) is 0 Å². The van der Waals surface area contributed by atoms with Gasteiger partial charge in [0.15, 0.2) is 0 Å². The van der Waals surface area contributed by atoms with Gasteiger partial charge in [-0.1, -0.05) is 0 Å². The number of hydrogen-bond donors (Lipinski definition) is 2. The van der Waals surface area contributed by atoms with Gasteiger partial charge in [0.25, 0.3) is 0 Å². The third-order valence-corrected chi connectivity index (χ3v) is 3.69. The summed E-state index contributed by atoms with van der Waals surface area (Å²) < 4.78 is 18.7. The molecule has 1 amide bonds. The molecule has 2 rings (SSSR count). The Kier molecular flexibility index (Phi) is 4.30. The van der Waals surface area contributed by atoms with Crippen molar-refractivity contribution in [2.24, 2.45) is 11.7 Å². The van der Waals surface area contributed by atoms with Crippen LogP contribution >= 0.6 is 0 Å². The van der Waals surface area contributed by atoms with Crippen molar-refractivity contribution in [2.75, 3.05) is 30.8 Å². The van der Waals surface area contributed by atoms with Crippen LogP contribution < -0.4 is 16.4 Å². The molecule has 1 aromatic carbocycles. The molecule has 0 bridgehead atoms. The molecule has 114 valence electrons. The molecule has 1 unspecified atom stereocenters. The van der Waals surface area contributed by atoms with Gasteiger partial charge in [0.2, 0.25) is 5.91 Å². The largest absolute Gasteiger partial charge is 0.465 e. The number of carbonyl (C=O) groups is 2. The third kappa shape index (κ3) is 3.07. The Morgan fingerprint density at radius 3 is 2.76 bits per heavy atom. The van der Waals surface area contributed by atoms with Gasteiger partial charge in [-0.25, -0.2) is 9.18 Å². The van der Waals surface area contributed by atoms with Crippen LogP contribution in [-0.4, -0.2) is 32.1 Å². The number of nitrogen functional groups attached to an aromatic ring is 1. The zero-order valence-electron chi connectivity index (χ0n) is 11.8. The van der Waals surface area contributed by atoms with E-state index in [1.165, 1.54) is 13.2 Å². The van der Waals surface area contributed by atoms with E-state index >= 15 is 0 Å². The number of benzene rings is 1. The van der Waals surface area contributed by atoms with Crippen LogP contribution in [0.5, 0.6) is 0 Å². The van der Waals surface area contributed by atoms with Gasteiger partial charge >= 0.3 is 5.97 Å². The molecule has 0 spiro atoms. The summed E-state index contributed by atoms with van der Waals surface area (Å²) in [5, 5.41) is 0. The van der Waals surface area contributed by atoms with E-state index in [0.29, 0.717) is 19.5 Å². The maximum atomic E-state index is 14.1. The first-order valence-electron chi connectivity index (χ1n) is 6.65. The number of methoxy groups -OCH3 is 1. The molecule has 0 aliphatic carbocycles. The van der Waals surface area contributed by atoms with Crippen molar-refractivity contribution in [3.63, 3.8) is 0 Å². The van der Waals surface area contributed by atoms with E-state index in [0.717, 1.165) is 12.5 Å². The van der Waals surface area contributed by atoms with Crippen molar-refractivity contribution in [3.8, 4) is 0 Å². The maximum Gasteiger partial charge on any atom is 0.340 e. The molecule has 21 heavy (non-hydrogen) atoms. The second-order valence-electron chi connectivity index (χ2n) is 5.07. The van der Waals surface area contributed by atoms with Crippen molar-refractivity contribution in [1.82, 2.24) is 0 Å². The van der Waals surface area contributed by atoms with Crippen LogP contribution in [0.15, 0.2) is 12.1 Å². The summed E-state index contributed by atoms with van der Waals surface area (Å²) in [6, 6.07) is 2.45. The smallest absolute Gasteiger partial charge is 0.340 e. The Morgan fingerprint density at radius 2 is 2.14 bits per heavy atom. The van der Waals surface area contributed by atoms with Gasteiger partial charge < -0.3 is 21.1 Å². The summed E-state index contributed by atoms with van der Waals surface area (Å²) in [6.45, 7) is 0.919. The second-order valence-corrected chi connectivity index (χ2v) is 5.07. The quantitative estimate of drug-likeness (QED) is 0.637. The standard InChI is InChI=1S/C14H18FN3O3/c1-21-14(20)9-5-12(10(15)6-11(9)16)18-4-2-3-8(7-18)13(17)19/h5-6,8H,2-4,7,16H2,1H3,(H2,17,19). The SMILES string of the molecule is COC(=O)c1cc(N2CCCC(C(N)=O)C2)c(F)cc1N. The van der Waals surface area contributed by atoms with Crippen molar-refractivity contribution in [3.05, 3.63) is 23.5 Å². The average Bonchev–Trinajstić information content (AvgIpc) is 2.46. The van der Waals surface area contributed by atoms with Crippen LogP contribution in [0.4, 0.5) is 15.8 Å². The van der Waals surface area contributed by atoms with Crippen molar-refractivity contribution in [2.45, 2.75) is 12.8 Å². The molecular weight excluding hydrogens is 277 g/mol. The fourth-order valence-corrected chi connectivity index (χ4v) is 2.53. The van der Waals surface area contributed by atoms with Crippen molar-refractivity contribution >= 4 is 23.3 Å². The lowest BCUT2D eigenvalue weighted by Crippen LogP contribution is -2.41. The Morgan fingerprint density at radius 1 is 1.43 bits per heavy atom. The van der Waals surface area contributed by atoms with Gasteiger partial charge in [-0.05, 0) is 25.0 Å². The molecule has 1 saturated heterocycles. The van der Waals surface area contributed by atoms with Gasteiger partial charge in [0.05, 0.1) is 24.3 Å². The Bertz CT molecular complexity index is 577. The van der Waals surface area contributed by atoms with Crippen LogP contribution in [0.1, 0.15) is 23.2 Å². The van der Waals surface area contributed by atoms with Gasteiger partial charge in [0, 0.05) is 18.8 Å². The second kappa shape index (κ2) is 5.99. The van der Waals surface area contributed by atoms with Crippen LogP contribution in [0, 0.1) is 11.7 Å². The van der Waals surface area contributed by atoms with Crippen LogP contribution in [0.3, 0.4) is 0 Å². The molecule has 4 N–H and O–H groups in total. The lowest BCUT2D eigenvalue weighted by molar-refractivity contribution is -0.122. The average molecular weight is 295 g/mol. The van der Waals surface area contributed by atoms with E-state index in [-0.39, 0.29) is 22.9 Å². The molecule has 0 saturated carbocycles. The molecule has 1 aliphatic rings. The number of nitrogens with zero attached hydrogens (tertiary/aromatic N) is 1. The van der Waals surface area contributed by atoms with Gasteiger partial charge in [-0.15, -0.1) is 0 Å². The highest BCUT2D eigenvalue weighted by molar-refractivity contribution is 5.96. The summed E-state index contributed by atoms with van der Waals surface area (Å²) in [5.74, 6) is -1.89. The maximum absolute atomic E-state index is 14.1. The van der Waals surface area contributed by atoms with E-state index in [1.807, 2.05) is 0 Å². The van der Waals surface area contributed by atoms with E-state index in [2.05, 4.69) is 4.74 Å². The molecule has 6 nitrogen and oxygen atoms in total. The third-order valence-electron chi connectivity index (χ3n) is 3.69. The number of amides is 1. The predicted octanol–water partition coefficient (Wildman–Crippen LogP) is 0.896. The first-order chi connectivity index (χ1) is 9.93. The zero-order chi connectivity index (χ0) is 15.6. The summed E-state index contributed by atoms with van der Waals surface area (Å²) in [4.78, 5) is 24.6. The fourth-order valence-electron chi connectivity index (χ4n) is 2.53. The summed E-state index contributed by atoms with van der Waals surface area (Å²) >= 11 is 0. The van der Waals surface area contributed by atoms with E-state index in [9.17, 15) is 14.0 Å². The van der Waals surface area contributed by atoms with E-state index in [4.69, 9.17) is 11.5 Å². The number of piperidine rings is 1. The minimum Gasteiger partial charge on any atom is -0.465 e. The van der Waals surface area contributed by atoms with Crippen molar-refractivity contribution in [1.29, 1.82) is 0 Å². The molecular formula is C14H18FN3O3. The monoisotopic (exact) mass is 295 g/mol. The molecule has 1 aromatic rings.